The van der Waals surface area contributed by atoms with Gasteiger partial charge in [-0.25, -0.2) is 0 Å². The van der Waals surface area contributed by atoms with Crippen LogP contribution in [0.2, 0.25) is 0 Å². The van der Waals surface area contributed by atoms with Crippen LogP contribution in [-0.2, 0) is 0 Å². The van der Waals surface area contributed by atoms with Crippen LogP contribution in [0, 0.1) is 10.1 Å². The van der Waals surface area contributed by atoms with Crippen LogP contribution in [0.5, 0.6) is 0 Å². The lowest BCUT2D eigenvalue weighted by molar-refractivity contribution is -0.384. The van der Waals surface area contributed by atoms with E-state index in [9.17, 15) is 14.9 Å². The number of nitro benzene ring substituents is 1. The van der Waals surface area contributed by atoms with Crippen LogP contribution >= 0.6 is 0 Å². The molecule has 0 saturated heterocycles. The van der Waals surface area contributed by atoms with Gasteiger partial charge in [0.05, 0.1) is 10.3 Å². The number of hydrogen-bond acceptors (Lipinski definition) is 4. The van der Waals surface area contributed by atoms with E-state index in [2.05, 4.69) is 0 Å². The third kappa shape index (κ3) is 2.43. The molecular weight excluding hydrogens is 269 g/mol. The molecule has 0 unspecified atom stereocenters. The molecule has 0 aliphatic carbocycles. The molecule has 21 heavy (non-hydrogen) atoms. The Labute approximate surface area is 120 Å². The first-order valence-corrected chi connectivity index (χ1v) is 6.34. The summed E-state index contributed by atoms with van der Waals surface area (Å²) in [6, 6.07) is 12.7. The van der Waals surface area contributed by atoms with Crippen LogP contribution in [-0.4, -0.2) is 12.8 Å². The maximum atomic E-state index is 12.1. The minimum atomic E-state index is -0.469. The Morgan fingerprint density at radius 1 is 1.05 bits per heavy atom. The predicted octanol–water partition coefficient (Wildman–Crippen LogP) is 1.63. The van der Waals surface area contributed by atoms with E-state index in [0.29, 0.717) is 22.3 Å². The average molecular weight is 279 g/mol. The normalized spacial score (nSPS) is 10.7. The van der Waals surface area contributed by atoms with Gasteiger partial charge in [0.25, 0.3) is 5.69 Å². The minimum absolute atomic E-state index is 0.00230. The summed E-state index contributed by atoms with van der Waals surface area (Å²) in [6.07, 6.45) is 0. The predicted molar refractivity (Wildman–Crippen MR) is 82.8 cm³/mol. The van der Waals surface area contributed by atoms with Gasteiger partial charge in [-0.05, 0) is 18.2 Å². The fourth-order valence-corrected chi connectivity index (χ4v) is 2.16. The molecule has 6 heteroatoms. The van der Waals surface area contributed by atoms with Crippen LogP contribution in [0.25, 0.3) is 22.3 Å². The third-order valence-corrected chi connectivity index (χ3v) is 3.25. The molecule has 102 valence electrons. The smallest absolute Gasteiger partial charge is 0.269 e. The van der Waals surface area contributed by atoms with Gasteiger partial charge in [0.15, 0.2) is 5.43 Å². The van der Waals surface area contributed by atoms with Crippen molar-refractivity contribution in [3.63, 3.8) is 0 Å². The Bertz CT molecular complexity index is 900. The van der Waals surface area contributed by atoms with Crippen molar-refractivity contribution in [2.24, 2.45) is 0 Å². The zero-order valence-corrected chi connectivity index (χ0v) is 11.2. The van der Waals surface area contributed by atoms with E-state index in [1.165, 1.54) is 18.2 Å². The zero-order chi connectivity index (χ0) is 15.0. The van der Waals surface area contributed by atoms with Crippen molar-refractivity contribution in [1.82, 2.24) is 0 Å². The number of nitro groups is 1. The lowest BCUT2D eigenvalue weighted by atomic mass is 9.95. The van der Waals surface area contributed by atoms with E-state index in [-0.39, 0.29) is 11.1 Å². The van der Waals surface area contributed by atoms with Crippen molar-refractivity contribution in [3.05, 3.63) is 68.9 Å². The Balaban J connectivity index is 2.14. The largest absolute Gasteiger partial charge is 0.456 e. The summed E-state index contributed by atoms with van der Waals surface area (Å²) >= 11 is 0. The van der Waals surface area contributed by atoms with Gasteiger partial charge in [0, 0.05) is 23.8 Å². The second-order valence-electron chi connectivity index (χ2n) is 4.78. The van der Waals surface area contributed by atoms with E-state index in [1.54, 1.807) is 24.3 Å². The Kier molecular flexibility index (Phi) is 3.06. The summed E-state index contributed by atoms with van der Waals surface area (Å²) in [5.41, 5.74) is 1.98. The summed E-state index contributed by atoms with van der Waals surface area (Å²) in [6.45, 7) is 0. The fraction of sp³-hybridized carbons (Fsp3) is 0. The molecule has 0 amide bonds. The van der Waals surface area contributed by atoms with Gasteiger partial charge >= 0.3 is 0 Å². The fourth-order valence-electron chi connectivity index (χ4n) is 2.16. The van der Waals surface area contributed by atoms with E-state index in [0.717, 1.165) is 5.46 Å². The summed E-state index contributed by atoms with van der Waals surface area (Å²) in [7, 11) is 1.91. The highest BCUT2D eigenvalue weighted by atomic mass is 16.6. The second kappa shape index (κ2) is 4.90. The third-order valence-electron chi connectivity index (χ3n) is 3.25. The van der Waals surface area contributed by atoms with Crippen molar-refractivity contribution in [2.75, 3.05) is 0 Å². The molecule has 3 aromatic rings. The summed E-state index contributed by atoms with van der Waals surface area (Å²) < 4.78 is 5.71. The summed E-state index contributed by atoms with van der Waals surface area (Å²) in [4.78, 5) is 22.3. The maximum Gasteiger partial charge on any atom is 0.269 e. The highest BCUT2D eigenvalue weighted by molar-refractivity contribution is 6.33. The van der Waals surface area contributed by atoms with Crippen molar-refractivity contribution in [1.29, 1.82) is 0 Å². The molecule has 2 aromatic carbocycles. The number of nitrogens with zero attached hydrogens (tertiary/aromatic N) is 1. The average Bonchev–Trinajstić information content (AvgIpc) is 2.48. The van der Waals surface area contributed by atoms with Gasteiger partial charge in [-0.1, -0.05) is 17.6 Å². The lowest BCUT2D eigenvalue weighted by Gasteiger charge is -2.03. The van der Waals surface area contributed by atoms with Crippen molar-refractivity contribution < 1.29 is 9.34 Å². The molecule has 0 aliphatic heterocycles. The molecule has 0 saturated carbocycles. The molecule has 1 heterocycles. The Morgan fingerprint density at radius 3 is 2.43 bits per heavy atom. The second-order valence-corrected chi connectivity index (χ2v) is 4.78. The molecular formula is C15H10BNO4. The molecule has 0 N–H and O–H groups in total. The number of hydrogen-bond donors (Lipinski definition) is 0. The number of fused-ring (bicyclic) bond motifs is 1. The van der Waals surface area contributed by atoms with Crippen LogP contribution in [0.4, 0.5) is 5.69 Å². The monoisotopic (exact) mass is 279 g/mol. The molecule has 0 radical (unpaired) electrons. The molecule has 0 fully saturated rings. The first-order chi connectivity index (χ1) is 10.0. The topological polar surface area (TPSA) is 73.3 Å². The summed E-state index contributed by atoms with van der Waals surface area (Å²) in [5, 5.41) is 11.2. The van der Waals surface area contributed by atoms with Crippen LogP contribution in [0.15, 0.2) is 57.7 Å². The maximum absolute atomic E-state index is 12.1. The van der Waals surface area contributed by atoms with Gasteiger partial charge in [0.1, 0.15) is 19.2 Å². The van der Waals surface area contributed by atoms with E-state index >= 15 is 0 Å². The number of benzene rings is 2. The van der Waals surface area contributed by atoms with E-state index < -0.39 is 4.92 Å². The van der Waals surface area contributed by atoms with Gasteiger partial charge < -0.3 is 4.42 Å². The highest BCUT2D eigenvalue weighted by Gasteiger charge is 2.09. The molecule has 5 nitrogen and oxygen atoms in total. The molecule has 0 atom stereocenters. The molecule has 0 spiro atoms. The highest BCUT2D eigenvalue weighted by Crippen LogP contribution is 2.23. The zero-order valence-electron chi connectivity index (χ0n) is 11.2. The number of non-ortho nitro benzene ring substituents is 1. The molecule has 0 aliphatic rings. The Hall–Kier alpha value is -2.89. The van der Waals surface area contributed by atoms with Gasteiger partial charge in [-0.3, -0.25) is 14.9 Å². The van der Waals surface area contributed by atoms with Gasteiger partial charge in [-0.15, -0.1) is 0 Å². The van der Waals surface area contributed by atoms with Crippen molar-refractivity contribution >= 4 is 30.0 Å². The van der Waals surface area contributed by atoms with Gasteiger partial charge in [-0.2, -0.15) is 0 Å². The molecule has 1 aromatic heterocycles. The van der Waals surface area contributed by atoms with Crippen molar-refractivity contribution in [2.45, 2.75) is 0 Å². The van der Waals surface area contributed by atoms with Crippen LogP contribution in [0.3, 0.4) is 0 Å². The number of rotatable bonds is 2. The standard InChI is InChI=1S/C15H10BNO4/c16-10-3-6-14-12(7-10)13(18)8-15(21-14)9-1-4-11(5-2-9)17(19)20/h1-8H,16H2. The molecule has 0 bridgehead atoms. The minimum Gasteiger partial charge on any atom is -0.456 e. The van der Waals surface area contributed by atoms with Crippen LogP contribution < -0.4 is 10.9 Å². The van der Waals surface area contributed by atoms with E-state index in [1.807, 2.05) is 13.9 Å². The van der Waals surface area contributed by atoms with Crippen LogP contribution in [0.1, 0.15) is 0 Å². The first kappa shape index (κ1) is 13.1. The van der Waals surface area contributed by atoms with Crippen molar-refractivity contribution in [3.8, 4) is 11.3 Å². The Morgan fingerprint density at radius 2 is 1.76 bits per heavy atom. The summed E-state index contributed by atoms with van der Waals surface area (Å²) in [5.74, 6) is 0.395. The quantitative estimate of drug-likeness (QED) is 0.406. The molecule has 3 rings (SSSR count). The van der Waals surface area contributed by atoms with E-state index in [4.69, 9.17) is 4.42 Å². The van der Waals surface area contributed by atoms with Gasteiger partial charge in [0.2, 0.25) is 0 Å². The lowest BCUT2D eigenvalue weighted by Crippen LogP contribution is -2.07. The SMILES string of the molecule is Bc1ccc2oc(-c3ccc([N+](=O)[O-])cc3)cc(=O)c2c1. The first-order valence-electron chi connectivity index (χ1n) is 6.34.